The number of aromatic amines is 1. The van der Waals surface area contributed by atoms with E-state index in [1.165, 1.54) is 31.0 Å². The quantitative estimate of drug-likeness (QED) is 0.0884. The van der Waals surface area contributed by atoms with Crippen molar-refractivity contribution in [2.75, 3.05) is 13.6 Å². The number of aromatic hydroxyl groups is 1. The van der Waals surface area contributed by atoms with Crippen LogP contribution in [0.15, 0.2) is 85.1 Å². The van der Waals surface area contributed by atoms with Crippen molar-refractivity contribution in [2.45, 2.75) is 108 Å². The second kappa shape index (κ2) is 21.8. The maximum Gasteiger partial charge on any atom is 0.245 e. The lowest BCUT2D eigenvalue weighted by Crippen LogP contribution is -2.63. The summed E-state index contributed by atoms with van der Waals surface area (Å²) in [5.74, 6) is -4.30. The number of fused-ring (bicyclic) bond motifs is 1. The Bertz CT molecular complexity index is 2130. The second-order valence-electron chi connectivity index (χ2n) is 15.6. The van der Waals surface area contributed by atoms with Gasteiger partial charge >= 0.3 is 0 Å². The Hall–Kier alpha value is -6.26. The number of para-hydroxylation sites is 1. The van der Waals surface area contributed by atoms with Crippen molar-refractivity contribution in [3.8, 4) is 5.75 Å². The van der Waals surface area contributed by atoms with E-state index >= 15 is 0 Å². The van der Waals surface area contributed by atoms with Gasteiger partial charge in [-0.1, -0.05) is 74.0 Å². The molecule has 10 N–H and O–H groups in total. The molecule has 0 spiro atoms. The van der Waals surface area contributed by atoms with Crippen LogP contribution in [-0.4, -0.2) is 111 Å². The van der Waals surface area contributed by atoms with Gasteiger partial charge in [0.05, 0.1) is 6.10 Å². The molecular formula is C45H58N8O8. The molecule has 1 aromatic heterocycles. The zero-order valence-electron chi connectivity index (χ0n) is 34.9. The number of aliphatic hydroxyl groups is 1. The largest absolute Gasteiger partial charge is 0.508 e. The summed E-state index contributed by atoms with van der Waals surface area (Å²) in [5.41, 5.74) is 8.55. The van der Waals surface area contributed by atoms with Crippen LogP contribution in [0.5, 0.6) is 5.75 Å². The number of nitrogens with two attached hydrogens (primary N) is 1. The van der Waals surface area contributed by atoms with Crippen LogP contribution in [-0.2, 0) is 48.0 Å². The van der Waals surface area contributed by atoms with Crippen LogP contribution in [0.4, 0.5) is 0 Å². The molecule has 16 heteroatoms. The molecule has 326 valence electrons. The summed E-state index contributed by atoms with van der Waals surface area (Å²) in [6.07, 6.45) is 1.95. The molecule has 6 amide bonds. The van der Waals surface area contributed by atoms with E-state index in [0.717, 1.165) is 10.9 Å². The number of phenols is 1. The summed E-state index contributed by atoms with van der Waals surface area (Å²) in [5, 5.41) is 35.5. The summed E-state index contributed by atoms with van der Waals surface area (Å²) >= 11 is 0. The van der Waals surface area contributed by atoms with Crippen molar-refractivity contribution in [3.05, 3.63) is 102 Å². The smallest absolute Gasteiger partial charge is 0.245 e. The number of hydrogen-bond acceptors (Lipinski definition) is 9. The van der Waals surface area contributed by atoms with Crippen molar-refractivity contribution in [3.63, 3.8) is 0 Å². The zero-order chi connectivity index (χ0) is 44.1. The van der Waals surface area contributed by atoms with Crippen LogP contribution >= 0.6 is 0 Å². The monoisotopic (exact) mass is 838 g/mol. The number of hydrogen-bond donors (Lipinski definition) is 9. The van der Waals surface area contributed by atoms with Gasteiger partial charge in [-0.2, -0.15) is 0 Å². The third-order valence-electron chi connectivity index (χ3n) is 11.0. The highest BCUT2D eigenvalue weighted by Crippen LogP contribution is 2.21. The maximum absolute atomic E-state index is 14.5. The first-order valence-corrected chi connectivity index (χ1v) is 20.8. The first kappa shape index (κ1) is 45.8. The molecule has 3 aromatic carbocycles. The Morgan fingerprint density at radius 1 is 0.656 bits per heavy atom. The molecule has 0 bridgehead atoms. The van der Waals surface area contributed by atoms with E-state index in [0.29, 0.717) is 42.5 Å². The molecule has 0 unspecified atom stereocenters. The van der Waals surface area contributed by atoms with Crippen LogP contribution in [0.25, 0.3) is 10.9 Å². The summed E-state index contributed by atoms with van der Waals surface area (Å²) < 4.78 is 0. The van der Waals surface area contributed by atoms with Crippen LogP contribution in [0.1, 0.15) is 62.6 Å². The van der Waals surface area contributed by atoms with Gasteiger partial charge < -0.3 is 52.4 Å². The number of nitrogens with one attached hydrogen (secondary N) is 6. The molecule has 0 saturated carbocycles. The summed E-state index contributed by atoms with van der Waals surface area (Å²) in [4.78, 5) is 90.4. The Morgan fingerprint density at radius 2 is 1.23 bits per heavy atom. The zero-order valence-corrected chi connectivity index (χ0v) is 34.9. The van der Waals surface area contributed by atoms with E-state index in [1.54, 1.807) is 48.7 Å². The number of carbonyl (C=O) groups excluding carboxylic acids is 6. The Morgan fingerprint density at radius 3 is 1.90 bits per heavy atom. The predicted octanol–water partition coefficient (Wildman–Crippen LogP) is 1.48. The van der Waals surface area contributed by atoms with Crippen molar-refractivity contribution in [1.29, 1.82) is 0 Å². The van der Waals surface area contributed by atoms with Gasteiger partial charge in [-0.25, -0.2) is 0 Å². The van der Waals surface area contributed by atoms with Gasteiger partial charge in [0, 0.05) is 43.4 Å². The number of amides is 6. The highest BCUT2D eigenvalue weighted by Gasteiger charge is 2.38. The minimum absolute atomic E-state index is 0.00234. The number of H-pyrrole nitrogens is 1. The van der Waals surface area contributed by atoms with Gasteiger partial charge in [-0.3, -0.25) is 28.8 Å². The number of aromatic nitrogens is 1. The first-order chi connectivity index (χ1) is 29.3. The van der Waals surface area contributed by atoms with E-state index in [4.69, 9.17) is 5.73 Å². The third-order valence-corrected chi connectivity index (χ3v) is 11.0. The standard InChI is InChI=1S/C45H58N8O8/c1-4-12-38-43(59)50-35(23-29-18-20-31(55)21-19-29)41(57)49-36(25-30-26-47-33-16-9-8-15-32(30)33)42(58)48-34(17-10-11-22-46)40(56)52-39(27(2)54)44(60)51-37(45(61)53(38)3)24-28-13-6-5-7-14-28/h5-9,13-16,18-21,26-27,34-39,47,54-55H,4,10-12,17,22-25,46H2,1-3H3,(H,48,58)(H,49,57)(H,50,59)(H,51,60)(H,52,56)/t27-,34+,35+,36-,37+,38+,39+/m1/s1. The minimum Gasteiger partial charge on any atom is -0.508 e. The summed E-state index contributed by atoms with van der Waals surface area (Å²) in [6.45, 7) is 3.48. The van der Waals surface area contributed by atoms with Gasteiger partial charge in [0.15, 0.2) is 0 Å². The lowest BCUT2D eigenvalue weighted by molar-refractivity contribution is -0.144. The van der Waals surface area contributed by atoms with E-state index in [2.05, 4.69) is 31.6 Å². The fourth-order valence-electron chi connectivity index (χ4n) is 7.52. The SMILES string of the molecule is CCC[C@H]1C(=O)N[C@@H](Cc2ccc(O)cc2)C(=O)N[C@H](Cc2c[nH]c3ccccc23)C(=O)N[C@@H](CCCCN)C(=O)N[C@@H]([C@@H](C)O)C(=O)N[C@@H](Cc2ccccc2)C(=O)N1C. The number of likely N-dealkylation sites (N-methyl/N-ethyl adjacent to an activating group) is 1. The van der Waals surface area contributed by atoms with E-state index in [-0.39, 0.29) is 37.9 Å². The number of nitrogens with zero attached hydrogens (tertiary/aromatic N) is 1. The molecule has 16 nitrogen and oxygen atoms in total. The highest BCUT2D eigenvalue weighted by atomic mass is 16.3. The molecular weight excluding hydrogens is 781 g/mol. The number of unbranched alkanes of at least 4 members (excludes halogenated alkanes) is 1. The van der Waals surface area contributed by atoms with Crippen molar-refractivity contribution in [1.82, 2.24) is 36.5 Å². The average Bonchev–Trinajstić information content (AvgIpc) is 3.66. The third kappa shape index (κ3) is 12.4. The topological polar surface area (TPSA) is 248 Å². The molecule has 1 aliphatic rings. The van der Waals surface area contributed by atoms with Crippen LogP contribution < -0.4 is 32.3 Å². The maximum atomic E-state index is 14.5. The highest BCUT2D eigenvalue weighted by molar-refractivity contribution is 5.99. The molecule has 1 aliphatic heterocycles. The van der Waals surface area contributed by atoms with Crippen molar-refractivity contribution < 1.29 is 39.0 Å². The van der Waals surface area contributed by atoms with E-state index < -0.39 is 77.8 Å². The first-order valence-electron chi connectivity index (χ1n) is 20.8. The molecule has 4 aromatic rings. The fraction of sp³-hybridized carbons (Fsp3) is 0.422. The summed E-state index contributed by atoms with van der Waals surface area (Å²) in [7, 11) is 1.45. The van der Waals surface area contributed by atoms with Crippen molar-refractivity contribution >= 4 is 46.3 Å². The second-order valence-corrected chi connectivity index (χ2v) is 15.6. The molecule has 2 heterocycles. The Balaban J connectivity index is 1.60. The molecule has 0 radical (unpaired) electrons. The van der Waals surface area contributed by atoms with Gasteiger partial charge in [0.1, 0.15) is 42.0 Å². The number of aliphatic hydroxyl groups excluding tert-OH is 1. The van der Waals surface area contributed by atoms with E-state index in [1.807, 2.05) is 31.2 Å². The molecule has 0 aliphatic carbocycles. The van der Waals surface area contributed by atoms with Crippen molar-refractivity contribution in [2.24, 2.45) is 5.73 Å². The van der Waals surface area contributed by atoms with Gasteiger partial charge in [-0.15, -0.1) is 0 Å². The van der Waals surface area contributed by atoms with Gasteiger partial charge in [-0.05, 0) is 74.0 Å². The number of carbonyl (C=O) groups is 6. The molecule has 1 fully saturated rings. The number of rotatable bonds is 13. The molecule has 7 atom stereocenters. The van der Waals surface area contributed by atoms with Crippen LogP contribution in [0.3, 0.4) is 0 Å². The predicted molar refractivity (Wildman–Crippen MR) is 230 cm³/mol. The van der Waals surface area contributed by atoms with Gasteiger partial charge in [0.25, 0.3) is 0 Å². The Kier molecular flexibility index (Phi) is 16.4. The van der Waals surface area contributed by atoms with Gasteiger partial charge in [0.2, 0.25) is 35.4 Å². The lowest BCUT2D eigenvalue weighted by atomic mass is 9.99. The van der Waals surface area contributed by atoms with E-state index in [9.17, 15) is 39.0 Å². The van der Waals surface area contributed by atoms with Crippen LogP contribution in [0.2, 0.25) is 0 Å². The molecule has 5 rings (SSSR count). The summed E-state index contributed by atoms with van der Waals surface area (Å²) in [6, 6.07) is 14.8. The number of phenolic OH excluding ortho intramolecular Hbond substituents is 1. The molecule has 1 saturated heterocycles. The minimum atomic E-state index is -1.55. The van der Waals surface area contributed by atoms with Crippen LogP contribution in [0, 0.1) is 0 Å². The Labute approximate surface area is 355 Å². The average molecular weight is 839 g/mol. The molecule has 61 heavy (non-hydrogen) atoms. The lowest BCUT2D eigenvalue weighted by Gasteiger charge is -2.33. The normalized spacial score (nSPS) is 22.9. The fourth-order valence-corrected chi connectivity index (χ4v) is 7.52. The number of benzene rings is 3.